The standard InChI is InChI=1S/C20H26N6O4S/c1-6-11(2)22-15(27)10-26-17(21)16(20(24-26)31-5)19-23-18(25-30-19)12-7-8-13(28-3)14(9-12)29-4/h7-9,11H,6,10,21H2,1-5H3,(H,22,27)/t11-/m1/s1. The second-order valence-corrected chi connectivity index (χ2v) is 7.59. The van der Waals surface area contributed by atoms with Crippen LogP contribution in [0.1, 0.15) is 20.3 Å². The highest BCUT2D eigenvalue weighted by atomic mass is 32.2. The van der Waals surface area contributed by atoms with Gasteiger partial charge in [-0.2, -0.15) is 10.1 Å². The molecule has 3 N–H and O–H groups in total. The molecule has 1 amide bonds. The minimum atomic E-state index is -0.167. The Morgan fingerprint density at radius 3 is 2.71 bits per heavy atom. The number of carbonyl (C=O) groups excluding carboxylic acids is 1. The summed E-state index contributed by atoms with van der Waals surface area (Å²) in [6.07, 6.45) is 2.70. The molecule has 1 atom stereocenters. The van der Waals surface area contributed by atoms with Crippen LogP contribution in [0.4, 0.5) is 5.82 Å². The highest BCUT2D eigenvalue weighted by Gasteiger charge is 2.24. The normalized spacial score (nSPS) is 11.9. The van der Waals surface area contributed by atoms with Crippen LogP contribution >= 0.6 is 11.8 Å². The van der Waals surface area contributed by atoms with Gasteiger partial charge in [0.15, 0.2) is 11.5 Å². The van der Waals surface area contributed by atoms with Gasteiger partial charge < -0.3 is 25.0 Å². The number of hydrogen-bond acceptors (Lipinski definition) is 9. The molecule has 0 aliphatic heterocycles. The lowest BCUT2D eigenvalue weighted by molar-refractivity contribution is -0.122. The van der Waals surface area contributed by atoms with E-state index >= 15 is 0 Å². The second-order valence-electron chi connectivity index (χ2n) is 6.80. The summed E-state index contributed by atoms with van der Waals surface area (Å²) in [7, 11) is 3.12. The minimum absolute atomic E-state index is 0.000403. The van der Waals surface area contributed by atoms with Gasteiger partial charge in [-0.25, -0.2) is 4.68 Å². The first kappa shape index (κ1) is 22.5. The van der Waals surface area contributed by atoms with E-state index in [9.17, 15) is 4.79 Å². The topological polar surface area (TPSA) is 130 Å². The number of aromatic nitrogens is 4. The minimum Gasteiger partial charge on any atom is -0.493 e. The van der Waals surface area contributed by atoms with Gasteiger partial charge in [0.2, 0.25) is 11.7 Å². The zero-order valence-electron chi connectivity index (χ0n) is 18.1. The average molecular weight is 447 g/mol. The Morgan fingerprint density at radius 2 is 2.06 bits per heavy atom. The van der Waals surface area contributed by atoms with Gasteiger partial charge in [-0.1, -0.05) is 12.1 Å². The number of nitrogens with one attached hydrogen (secondary N) is 1. The van der Waals surface area contributed by atoms with Crippen molar-refractivity contribution >= 4 is 23.5 Å². The van der Waals surface area contributed by atoms with E-state index in [2.05, 4.69) is 20.6 Å². The number of rotatable bonds is 9. The van der Waals surface area contributed by atoms with Crippen LogP contribution in [0, 0.1) is 0 Å². The van der Waals surface area contributed by atoms with Crippen molar-refractivity contribution in [3.8, 4) is 34.3 Å². The molecule has 0 bridgehead atoms. The number of ether oxygens (including phenoxy) is 2. The Bertz CT molecular complexity index is 1060. The Morgan fingerprint density at radius 1 is 1.32 bits per heavy atom. The predicted octanol–water partition coefficient (Wildman–Crippen LogP) is 2.84. The van der Waals surface area contributed by atoms with Crippen molar-refractivity contribution in [1.82, 2.24) is 25.2 Å². The van der Waals surface area contributed by atoms with Crippen LogP contribution < -0.4 is 20.5 Å². The third-order valence-corrected chi connectivity index (χ3v) is 5.42. The Kier molecular flexibility index (Phi) is 7.06. The quantitative estimate of drug-likeness (QED) is 0.476. The van der Waals surface area contributed by atoms with Crippen molar-refractivity contribution < 1.29 is 18.8 Å². The van der Waals surface area contributed by atoms with Gasteiger partial charge in [0, 0.05) is 11.6 Å². The van der Waals surface area contributed by atoms with Crippen molar-refractivity contribution in [2.45, 2.75) is 37.9 Å². The molecule has 3 aromatic rings. The summed E-state index contributed by atoms with van der Waals surface area (Å²) in [6.45, 7) is 3.94. The molecular weight excluding hydrogens is 420 g/mol. The monoisotopic (exact) mass is 446 g/mol. The van der Waals surface area contributed by atoms with E-state index in [0.717, 1.165) is 6.42 Å². The van der Waals surface area contributed by atoms with E-state index in [4.69, 9.17) is 19.7 Å². The lowest BCUT2D eigenvalue weighted by Gasteiger charge is -2.11. The Hall–Kier alpha value is -3.21. The van der Waals surface area contributed by atoms with E-state index in [1.54, 1.807) is 32.4 Å². The van der Waals surface area contributed by atoms with Gasteiger partial charge in [0.25, 0.3) is 5.89 Å². The average Bonchev–Trinajstić information content (AvgIpc) is 3.37. The molecule has 31 heavy (non-hydrogen) atoms. The van der Waals surface area contributed by atoms with Gasteiger partial charge in [-0.3, -0.25) is 4.79 Å². The molecule has 0 aliphatic rings. The molecule has 3 rings (SSSR count). The van der Waals surface area contributed by atoms with E-state index in [1.807, 2.05) is 20.1 Å². The van der Waals surface area contributed by atoms with Crippen molar-refractivity contribution in [3.63, 3.8) is 0 Å². The zero-order chi connectivity index (χ0) is 22.5. The lowest BCUT2D eigenvalue weighted by Crippen LogP contribution is -2.35. The maximum atomic E-state index is 12.3. The van der Waals surface area contributed by atoms with E-state index in [0.29, 0.717) is 33.5 Å². The smallest absolute Gasteiger partial charge is 0.264 e. The number of nitrogens with two attached hydrogens (primary N) is 1. The maximum Gasteiger partial charge on any atom is 0.264 e. The van der Waals surface area contributed by atoms with Crippen molar-refractivity contribution in [2.75, 3.05) is 26.2 Å². The molecular formula is C20H26N6O4S. The number of methoxy groups -OCH3 is 2. The molecule has 10 nitrogen and oxygen atoms in total. The van der Waals surface area contributed by atoms with Crippen LogP contribution in [0.5, 0.6) is 11.5 Å². The summed E-state index contributed by atoms with van der Waals surface area (Å²) in [5.41, 5.74) is 7.49. The number of anilines is 1. The highest BCUT2D eigenvalue weighted by molar-refractivity contribution is 7.98. The number of carbonyl (C=O) groups is 1. The molecule has 0 unspecified atom stereocenters. The highest BCUT2D eigenvalue weighted by Crippen LogP contribution is 2.36. The van der Waals surface area contributed by atoms with Gasteiger partial charge in [0.1, 0.15) is 23.0 Å². The first-order valence-electron chi connectivity index (χ1n) is 9.67. The number of nitrogen functional groups attached to an aromatic ring is 1. The molecule has 0 radical (unpaired) electrons. The second kappa shape index (κ2) is 9.73. The Balaban J connectivity index is 1.91. The molecule has 0 saturated heterocycles. The molecule has 2 aromatic heterocycles. The third-order valence-electron chi connectivity index (χ3n) is 4.75. The van der Waals surface area contributed by atoms with Gasteiger partial charge in [-0.05, 0) is 37.8 Å². The number of benzene rings is 1. The summed E-state index contributed by atoms with van der Waals surface area (Å²) >= 11 is 1.38. The van der Waals surface area contributed by atoms with Crippen LogP contribution in [-0.4, -0.2) is 52.3 Å². The van der Waals surface area contributed by atoms with Crippen LogP contribution in [-0.2, 0) is 11.3 Å². The fraction of sp³-hybridized carbons (Fsp3) is 0.400. The summed E-state index contributed by atoms with van der Waals surface area (Å²) in [5.74, 6) is 1.85. The molecule has 2 heterocycles. The van der Waals surface area contributed by atoms with Crippen LogP contribution in [0.2, 0.25) is 0 Å². The van der Waals surface area contributed by atoms with Crippen molar-refractivity contribution in [1.29, 1.82) is 0 Å². The molecule has 11 heteroatoms. The van der Waals surface area contributed by atoms with Gasteiger partial charge in [-0.15, -0.1) is 11.8 Å². The summed E-state index contributed by atoms with van der Waals surface area (Å²) in [5, 5.41) is 12.0. The van der Waals surface area contributed by atoms with Crippen molar-refractivity contribution in [3.05, 3.63) is 18.2 Å². The Labute approximate surface area is 184 Å². The van der Waals surface area contributed by atoms with E-state index in [1.165, 1.54) is 16.4 Å². The number of hydrogen-bond donors (Lipinski definition) is 2. The fourth-order valence-corrected chi connectivity index (χ4v) is 3.47. The number of amides is 1. The van der Waals surface area contributed by atoms with Gasteiger partial charge in [0.05, 0.1) is 14.2 Å². The van der Waals surface area contributed by atoms with Gasteiger partial charge >= 0.3 is 0 Å². The van der Waals surface area contributed by atoms with Crippen molar-refractivity contribution in [2.24, 2.45) is 0 Å². The van der Waals surface area contributed by atoms with Crippen LogP contribution in [0.15, 0.2) is 27.7 Å². The lowest BCUT2D eigenvalue weighted by atomic mass is 10.2. The molecule has 0 aliphatic carbocycles. The summed E-state index contributed by atoms with van der Waals surface area (Å²) < 4.78 is 17.5. The zero-order valence-corrected chi connectivity index (χ0v) is 18.9. The van der Waals surface area contributed by atoms with E-state index in [-0.39, 0.29) is 30.2 Å². The fourth-order valence-electron chi connectivity index (χ4n) is 2.89. The molecule has 166 valence electrons. The first-order valence-corrected chi connectivity index (χ1v) is 10.9. The number of nitrogens with zero attached hydrogens (tertiary/aromatic N) is 4. The summed E-state index contributed by atoms with van der Waals surface area (Å²) in [4.78, 5) is 16.8. The van der Waals surface area contributed by atoms with E-state index < -0.39 is 0 Å². The SMILES string of the molecule is CC[C@@H](C)NC(=O)Cn1nc(SC)c(-c2nc(-c3ccc(OC)c(OC)c3)no2)c1N. The maximum absolute atomic E-state index is 12.3. The molecule has 0 spiro atoms. The summed E-state index contributed by atoms with van der Waals surface area (Å²) in [6, 6.07) is 5.40. The van der Waals surface area contributed by atoms with Crippen LogP contribution in [0.25, 0.3) is 22.8 Å². The molecule has 1 aromatic carbocycles. The third kappa shape index (κ3) is 4.76. The molecule has 0 fully saturated rings. The molecule has 0 saturated carbocycles. The first-order chi connectivity index (χ1) is 14.9. The number of thioether (sulfide) groups is 1. The predicted molar refractivity (Wildman–Crippen MR) is 118 cm³/mol. The van der Waals surface area contributed by atoms with Crippen LogP contribution in [0.3, 0.4) is 0 Å². The largest absolute Gasteiger partial charge is 0.493 e.